The number of hydrogen-bond acceptors (Lipinski definition) is 3. The van der Waals surface area contributed by atoms with E-state index < -0.39 is 0 Å². The Morgan fingerprint density at radius 3 is 2.70 bits per heavy atom. The van der Waals surface area contributed by atoms with Gasteiger partial charge < -0.3 is 4.74 Å². The third-order valence-corrected chi connectivity index (χ3v) is 2.94. The maximum atomic E-state index is 5.42. The third kappa shape index (κ3) is 2.94. The van der Waals surface area contributed by atoms with Gasteiger partial charge in [-0.1, -0.05) is 30.4 Å². The molecule has 1 heterocycles. The first kappa shape index (κ1) is 14.0. The van der Waals surface area contributed by atoms with Crippen molar-refractivity contribution in [2.45, 2.75) is 13.8 Å². The van der Waals surface area contributed by atoms with Crippen molar-refractivity contribution in [3.63, 3.8) is 0 Å². The van der Waals surface area contributed by atoms with Gasteiger partial charge in [-0.25, -0.2) is 9.97 Å². The fraction of sp³-hybridized carbons (Fsp3) is 0.176. The Balaban J connectivity index is 2.62. The average Bonchev–Trinajstić information content (AvgIpc) is 2.46. The van der Waals surface area contributed by atoms with E-state index in [-0.39, 0.29) is 0 Å². The number of benzene rings is 1. The van der Waals surface area contributed by atoms with Gasteiger partial charge in [-0.15, -0.1) is 0 Å². The van der Waals surface area contributed by atoms with Crippen LogP contribution in [-0.2, 0) is 0 Å². The maximum Gasteiger partial charge on any atom is 0.145 e. The Hall–Kier alpha value is -2.42. The molecule has 0 spiro atoms. The number of rotatable bonds is 4. The first-order valence-electron chi connectivity index (χ1n) is 6.41. The van der Waals surface area contributed by atoms with Gasteiger partial charge >= 0.3 is 0 Å². The summed E-state index contributed by atoms with van der Waals surface area (Å²) in [5.74, 6) is 0.741. The lowest BCUT2D eigenvalue weighted by molar-refractivity contribution is 0.418. The smallest absolute Gasteiger partial charge is 0.145 e. The topological polar surface area (TPSA) is 35.0 Å². The average molecular weight is 266 g/mol. The number of nitrogens with zero attached hydrogens (tertiary/aromatic N) is 2. The summed E-state index contributed by atoms with van der Waals surface area (Å²) < 4.78 is 5.42. The summed E-state index contributed by atoms with van der Waals surface area (Å²) in [7, 11) is 1.65. The second kappa shape index (κ2) is 6.15. The first-order valence-corrected chi connectivity index (χ1v) is 6.41. The molecule has 3 nitrogen and oxygen atoms in total. The Kier molecular flexibility index (Phi) is 4.31. The Labute approximate surface area is 119 Å². The molecule has 1 aromatic heterocycles. The van der Waals surface area contributed by atoms with Crippen LogP contribution in [-0.4, -0.2) is 17.1 Å². The van der Waals surface area contributed by atoms with E-state index in [0.717, 1.165) is 27.8 Å². The van der Waals surface area contributed by atoms with E-state index in [0.29, 0.717) is 0 Å². The molecule has 0 aliphatic carbocycles. The maximum absolute atomic E-state index is 5.42. The third-order valence-electron chi connectivity index (χ3n) is 2.94. The fourth-order valence-corrected chi connectivity index (χ4v) is 1.93. The lowest BCUT2D eigenvalue weighted by Crippen LogP contribution is -1.91. The number of allylic oxidation sites excluding steroid dienone is 5. The summed E-state index contributed by atoms with van der Waals surface area (Å²) in [4.78, 5) is 8.32. The SMILES string of the molecule is C=C/C(=C\C=C(C)C)c1cc(OC)c2ncncc2c1. The van der Waals surface area contributed by atoms with Crippen LogP contribution in [0.3, 0.4) is 0 Å². The molecule has 2 rings (SSSR count). The molecule has 0 aliphatic heterocycles. The van der Waals surface area contributed by atoms with Crippen molar-refractivity contribution in [3.05, 3.63) is 60.6 Å². The molecule has 0 fully saturated rings. The van der Waals surface area contributed by atoms with Crippen molar-refractivity contribution < 1.29 is 4.74 Å². The molecular weight excluding hydrogens is 248 g/mol. The van der Waals surface area contributed by atoms with Crippen molar-refractivity contribution in [2.24, 2.45) is 0 Å². The van der Waals surface area contributed by atoms with Crippen LogP contribution in [0.4, 0.5) is 0 Å². The molecule has 0 N–H and O–H groups in total. The van der Waals surface area contributed by atoms with Gasteiger partial charge in [0, 0.05) is 11.6 Å². The summed E-state index contributed by atoms with van der Waals surface area (Å²) in [5.41, 5.74) is 4.13. The highest BCUT2D eigenvalue weighted by Crippen LogP contribution is 2.29. The normalized spacial score (nSPS) is 11.2. The van der Waals surface area contributed by atoms with E-state index in [1.807, 2.05) is 24.3 Å². The second-order valence-corrected chi connectivity index (χ2v) is 4.71. The van der Waals surface area contributed by atoms with Crippen LogP contribution >= 0.6 is 0 Å². The molecule has 0 saturated carbocycles. The molecule has 0 atom stereocenters. The van der Waals surface area contributed by atoms with Crippen molar-refractivity contribution in [1.29, 1.82) is 0 Å². The van der Waals surface area contributed by atoms with E-state index >= 15 is 0 Å². The van der Waals surface area contributed by atoms with Gasteiger partial charge in [-0.3, -0.25) is 0 Å². The fourth-order valence-electron chi connectivity index (χ4n) is 1.93. The van der Waals surface area contributed by atoms with Crippen molar-refractivity contribution in [1.82, 2.24) is 9.97 Å². The molecule has 0 saturated heterocycles. The summed E-state index contributed by atoms with van der Waals surface area (Å²) in [6.45, 7) is 8.00. The minimum Gasteiger partial charge on any atom is -0.494 e. The van der Waals surface area contributed by atoms with Gasteiger partial charge in [0.1, 0.15) is 17.6 Å². The van der Waals surface area contributed by atoms with Crippen LogP contribution in [0.2, 0.25) is 0 Å². The van der Waals surface area contributed by atoms with Gasteiger partial charge in [-0.2, -0.15) is 0 Å². The molecule has 20 heavy (non-hydrogen) atoms. The molecule has 0 unspecified atom stereocenters. The highest BCUT2D eigenvalue weighted by Gasteiger charge is 2.07. The molecule has 0 bridgehead atoms. The monoisotopic (exact) mass is 266 g/mol. The highest BCUT2D eigenvalue weighted by atomic mass is 16.5. The van der Waals surface area contributed by atoms with E-state index in [1.54, 1.807) is 13.3 Å². The molecule has 3 heteroatoms. The first-order chi connectivity index (χ1) is 9.65. The number of aromatic nitrogens is 2. The lowest BCUT2D eigenvalue weighted by Gasteiger charge is -2.08. The Morgan fingerprint density at radius 2 is 2.05 bits per heavy atom. The standard InChI is InChI=1S/C17H18N2O/c1-5-13(7-6-12(2)3)14-8-15-10-18-11-19-17(15)16(9-14)20-4/h5-11H,1H2,2-4H3/b13-7+. The van der Waals surface area contributed by atoms with Crippen LogP contribution in [0.5, 0.6) is 5.75 Å². The van der Waals surface area contributed by atoms with Gasteiger partial charge in [0.15, 0.2) is 0 Å². The number of fused-ring (bicyclic) bond motifs is 1. The van der Waals surface area contributed by atoms with Gasteiger partial charge in [0.2, 0.25) is 0 Å². The molecule has 1 aromatic carbocycles. The van der Waals surface area contributed by atoms with Gasteiger partial charge in [-0.05, 0) is 37.1 Å². The van der Waals surface area contributed by atoms with E-state index in [1.165, 1.54) is 11.9 Å². The summed E-state index contributed by atoms with van der Waals surface area (Å²) in [6, 6.07) is 4.02. The van der Waals surface area contributed by atoms with Crippen molar-refractivity contribution in [2.75, 3.05) is 7.11 Å². The quantitative estimate of drug-likeness (QED) is 0.779. The minimum atomic E-state index is 0.741. The molecule has 2 aromatic rings. The van der Waals surface area contributed by atoms with E-state index in [4.69, 9.17) is 4.74 Å². The van der Waals surface area contributed by atoms with Gasteiger partial charge in [0.25, 0.3) is 0 Å². The molecular formula is C17H18N2O. The zero-order valence-corrected chi connectivity index (χ0v) is 12.1. The second-order valence-electron chi connectivity index (χ2n) is 4.71. The van der Waals surface area contributed by atoms with Crippen molar-refractivity contribution in [3.8, 4) is 5.75 Å². The summed E-state index contributed by atoms with van der Waals surface area (Å²) in [5, 5.41) is 0.951. The summed E-state index contributed by atoms with van der Waals surface area (Å²) in [6.07, 6.45) is 9.26. The van der Waals surface area contributed by atoms with Crippen molar-refractivity contribution >= 4 is 16.5 Å². The molecule has 0 aliphatic rings. The van der Waals surface area contributed by atoms with Crippen LogP contribution in [0.25, 0.3) is 16.5 Å². The number of methoxy groups -OCH3 is 1. The largest absolute Gasteiger partial charge is 0.494 e. The zero-order valence-electron chi connectivity index (χ0n) is 12.1. The minimum absolute atomic E-state index is 0.741. The zero-order chi connectivity index (χ0) is 14.5. The Bertz CT molecular complexity index is 695. The summed E-state index contributed by atoms with van der Waals surface area (Å²) >= 11 is 0. The van der Waals surface area contributed by atoms with Crippen LogP contribution in [0.15, 0.2) is 55.0 Å². The predicted octanol–water partition coefficient (Wildman–Crippen LogP) is 4.17. The van der Waals surface area contributed by atoms with Crippen LogP contribution in [0, 0.1) is 0 Å². The van der Waals surface area contributed by atoms with E-state index in [9.17, 15) is 0 Å². The van der Waals surface area contributed by atoms with Crippen LogP contribution in [0.1, 0.15) is 19.4 Å². The van der Waals surface area contributed by atoms with Gasteiger partial charge in [0.05, 0.1) is 7.11 Å². The van der Waals surface area contributed by atoms with Crippen LogP contribution < -0.4 is 4.74 Å². The number of hydrogen-bond donors (Lipinski definition) is 0. The highest BCUT2D eigenvalue weighted by molar-refractivity contribution is 5.89. The molecule has 0 radical (unpaired) electrons. The van der Waals surface area contributed by atoms with E-state index in [2.05, 4.69) is 36.5 Å². The molecule has 102 valence electrons. The molecule has 0 amide bonds. The lowest BCUT2D eigenvalue weighted by atomic mass is 10.0. The predicted molar refractivity (Wildman–Crippen MR) is 83.7 cm³/mol. The Morgan fingerprint density at radius 1 is 1.25 bits per heavy atom. The number of ether oxygens (including phenoxy) is 1.